The fraction of sp³-hybridized carbons (Fsp3) is 0.571. The standard InChI is InChI=1S/C14H5F17O3S/c15-7(16,5-3-1-2-4-6(5)35(32,33)34)8(17,18)9(19,20)10(21,22)11(23,24)12(25,26)13(27,28)14(29,30)31/h1-4H,(H,32,33,34). The van der Waals surface area contributed by atoms with Gasteiger partial charge >= 0.3 is 47.6 Å². The molecule has 0 aliphatic rings. The molecular weight excluding hydrogens is 571 g/mol. The third-order valence-electron chi connectivity index (χ3n) is 4.23. The molecule has 0 saturated heterocycles. The Bertz CT molecular complexity index is 1060. The molecule has 0 heterocycles. The van der Waals surface area contributed by atoms with Crippen LogP contribution in [-0.2, 0) is 16.0 Å². The highest BCUT2D eigenvalue weighted by Crippen LogP contribution is 2.65. The normalized spacial score (nSPS) is 15.9. The van der Waals surface area contributed by atoms with E-state index < -0.39 is 74.3 Å². The highest BCUT2D eigenvalue weighted by Gasteiger charge is 2.95. The van der Waals surface area contributed by atoms with E-state index in [2.05, 4.69) is 0 Å². The fourth-order valence-corrected chi connectivity index (χ4v) is 3.01. The lowest BCUT2D eigenvalue weighted by molar-refractivity contribution is -0.462. The van der Waals surface area contributed by atoms with Gasteiger partial charge in [-0.1, -0.05) is 18.2 Å². The summed E-state index contributed by atoms with van der Waals surface area (Å²) in [6, 6.07) is -0.314. The van der Waals surface area contributed by atoms with Crippen LogP contribution in [0.15, 0.2) is 29.2 Å². The minimum atomic E-state index is -8.80. The number of hydrogen-bond donors (Lipinski definition) is 1. The van der Waals surface area contributed by atoms with E-state index in [4.69, 9.17) is 4.55 Å². The minimum absolute atomic E-state index is 0.122. The van der Waals surface area contributed by atoms with Gasteiger partial charge in [-0.15, -0.1) is 0 Å². The molecule has 0 unspecified atom stereocenters. The van der Waals surface area contributed by atoms with Crippen LogP contribution in [0.4, 0.5) is 74.6 Å². The molecule has 1 rings (SSSR count). The predicted molar refractivity (Wildman–Crippen MR) is 75.9 cm³/mol. The summed E-state index contributed by atoms with van der Waals surface area (Å²) in [5.41, 5.74) is -3.00. The van der Waals surface area contributed by atoms with Gasteiger partial charge in [0.05, 0.1) is 0 Å². The van der Waals surface area contributed by atoms with Crippen LogP contribution in [0.5, 0.6) is 0 Å². The number of halogens is 17. The van der Waals surface area contributed by atoms with Crippen LogP contribution in [0.1, 0.15) is 5.56 Å². The van der Waals surface area contributed by atoms with E-state index in [1.165, 1.54) is 0 Å². The minimum Gasteiger partial charge on any atom is -0.282 e. The molecule has 0 spiro atoms. The van der Waals surface area contributed by atoms with Gasteiger partial charge in [0.2, 0.25) is 0 Å². The van der Waals surface area contributed by atoms with Gasteiger partial charge in [0.15, 0.2) is 0 Å². The van der Waals surface area contributed by atoms with E-state index >= 15 is 0 Å². The Labute approximate surface area is 181 Å². The molecule has 0 atom stereocenters. The SMILES string of the molecule is O=S(=O)(O)c1ccccc1C(F)(F)C(F)(F)C(F)(F)C(F)(F)C(F)(F)C(F)(F)C(F)(F)C(F)(F)F. The average Bonchev–Trinajstić information content (AvgIpc) is 2.65. The first kappa shape index (κ1) is 31.0. The van der Waals surface area contributed by atoms with E-state index in [1.807, 2.05) is 0 Å². The first-order chi connectivity index (χ1) is 15.0. The number of benzene rings is 1. The summed E-state index contributed by atoms with van der Waals surface area (Å²) in [6.45, 7) is 0. The lowest BCUT2D eigenvalue weighted by Gasteiger charge is -2.43. The first-order valence-corrected chi connectivity index (χ1v) is 9.20. The molecule has 21 heteroatoms. The highest BCUT2D eigenvalue weighted by molar-refractivity contribution is 7.85. The molecule has 0 aliphatic carbocycles. The molecule has 0 amide bonds. The van der Waals surface area contributed by atoms with Gasteiger partial charge in [-0.25, -0.2) is 0 Å². The summed E-state index contributed by atoms with van der Waals surface area (Å²) in [5.74, 6) is -58.3. The second-order valence-electron chi connectivity index (χ2n) is 6.49. The van der Waals surface area contributed by atoms with E-state index in [1.54, 1.807) is 0 Å². The van der Waals surface area contributed by atoms with Gasteiger partial charge in [-0.05, 0) is 6.07 Å². The Kier molecular flexibility index (Phi) is 7.05. The molecule has 1 N–H and O–H groups in total. The fourth-order valence-electron chi connectivity index (χ4n) is 2.28. The van der Waals surface area contributed by atoms with Crippen molar-refractivity contribution in [1.29, 1.82) is 0 Å². The Balaban J connectivity index is 3.87. The van der Waals surface area contributed by atoms with Crippen LogP contribution in [0.2, 0.25) is 0 Å². The molecule has 1 aromatic carbocycles. The zero-order valence-electron chi connectivity index (χ0n) is 15.4. The van der Waals surface area contributed by atoms with Crippen molar-refractivity contribution in [1.82, 2.24) is 0 Å². The van der Waals surface area contributed by atoms with E-state index in [-0.39, 0.29) is 12.1 Å². The van der Waals surface area contributed by atoms with Crippen LogP contribution in [0, 0.1) is 0 Å². The average molecular weight is 576 g/mol. The van der Waals surface area contributed by atoms with Gasteiger partial charge in [0, 0.05) is 5.56 Å². The second kappa shape index (κ2) is 7.97. The third kappa shape index (κ3) is 4.06. The lowest BCUT2D eigenvalue weighted by Crippen LogP contribution is -2.74. The zero-order chi connectivity index (χ0) is 28.5. The molecular formula is C14H5F17O3S. The molecule has 0 bridgehead atoms. The number of alkyl halides is 17. The van der Waals surface area contributed by atoms with Gasteiger partial charge in [-0.3, -0.25) is 4.55 Å². The molecule has 0 radical (unpaired) electrons. The smallest absolute Gasteiger partial charge is 0.282 e. The summed E-state index contributed by atoms with van der Waals surface area (Å²) in [6.07, 6.45) is -7.87. The van der Waals surface area contributed by atoms with Crippen LogP contribution in [-0.4, -0.2) is 54.7 Å². The van der Waals surface area contributed by atoms with Crippen LogP contribution < -0.4 is 0 Å². The predicted octanol–water partition coefficient (Wildman–Crippen LogP) is 6.40. The topological polar surface area (TPSA) is 54.4 Å². The largest absolute Gasteiger partial charge is 0.460 e. The van der Waals surface area contributed by atoms with Gasteiger partial charge in [0.1, 0.15) is 4.90 Å². The number of rotatable bonds is 8. The quantitative estimate of drug-likeness (QED) is 0.288. The third-order valence-corrected chi connectivity index (χ3v) is 5.14. The number of hydrogen-bond acceptors (Lipinski definition) is 2. The van der Waals surface area contributed by atoms with E-state index in [0.717, 1.165) is 0 Å². The second-order valence-corrected chi connectivity index (χ2v) is 7.88. The van der Waals surface area contributed by atoms with Crippen molar-refractivity contribution in [3.05, 3.63) is 29.8 Å². The Morgan fingerprint density at radius 2 is 0.829 bits per heavy atom. The molecule has 0 saturated carbocycles. The molecule has 3 nitrogen and oxygen atoms in total. The summed E-state index contributed by atoms with van der Waals surface area (Å²) in [7, 11) is -6.08. The maximum atomic E-state index is 14.2. The van der Waals surface area contributed by atoms with Gasteiger partial charge < -0.3 is 0 Å². The maximum Gasteiger partial charge on any atom is 0.460 e. The Hall–Kier alpha value is -2.06. The summed E-state index contributed by atoms with van der Waals surface area (Å²) in [4.78, 5) is -2.41. The molecule has 0 aliphatic heterocycles. The molecule has 0 fully saturated rings. The van der Waals surface area contributed by atoms with E-state index in [0.29, 0.717) is 6.07 Å². The molecule has 35 heavy (non-hydrogen) atoms. The van der Waals surface area contributed by atoms with Crippen molar-refractivity contribution < 1.29 is 87.6 Å². The Morgan fingerprint density at radius 1 is 0.514 bits per heavy atom. The van der Waals surface area contributed by atoms with Crippen molar-refractivity contribution in [2.75, 3.05) is 0 Å². The van der Waals surface area contributed by atoms with Gasteiger partial charge in [-0.2, -0.15) is 83.1 Å². The van der Waals surface area contributed by atoms with Gasteiger partial charge in [0.25, 0.3) is 10.1 Å². The zero-order valence-corrected chi connectivity index (χ0v) is 16.2. The van der Waals surface area contributed by atoms with Crippen molar-refractivity contribution in [3.8, 4) is 0 Å². The summed E-state index contributed by atoms with van der Waals surface area (Å²) < 4.78 is 256. The summed E-state index contributed by atoms with van der Waals surface area (Å²) in [5, 5.41) is 0. The molecule has 1 aromatic rings. The maximum absolute atomic E-state index is 14.2. The monoisotopic (exact) mass is 576 g/mol. The van der Waals surface area contributed by atoms with Crippen molar-refractivity contribution >= 4 is 10.1 Å². The van der Waals surface area contributed by atoms with Crippen molar-refractivity contribution in [3.63, 3.8) is 0 Å². The first-order valence-electron chi connectivity index (χ1n) is 7.76. The molecule has 204 valence electrons. The van der Waals surface area contributed by atoms with Crippen molar-refractivity contribution in [2.45, 2.75) is 52.5 Å². The molecule has 0 aromatic heterocycles. The van der Waals surface area contributed by atoms with Crippen LogP contribution in [0.3, 0.4) is 0 Å². The van der Waals surface area contributed by atoms with Crippen molar-refractivity contribution in [2.24, 2.45) is 0 Å². The van der Waals surface area contributed by atoms with Crippen LogP contribution in [0.25, 0.3) is 0 Å². The Morgan fingerprint density at radius 3 is 1.17 bits per heavy atom. The lowest BCUT2D eigenvalue weighted by atomic mass is 9.87. The summed E-state index contributed by atoms with van der Waals surface area (Å²) >= 11 is 0. The van der Waals surface area contributed by atoms with E-state index in [9.17, 15) is 83.1 Å². The highest BCUT2D eigenvalue weighted by atomic mass is 32.2. The van der Waals surface area contributed by atoms with Crippen LogP contribution >= 0.6 is 0 Å².